The van der Waals surface area contributed by atoms with E-state index in [1.165, 1.54) is 0 Å². The lowest BCUT2D eigenvalue weighted by Gasteiger charge is -2.18. The summed E-state index contributed by atoms with van der Waals surface area (Å²) in [5.74, 6) is 0. The molecule has 1 heteroatoms. The van der Waals surface area contributed by atoms with Crippen LogP contribution in [0.1, 0.15) is 17.8 Å². The molecule has 0 saturated carbocycles. The summed E-state index contributed by atoms with van der Waals surface area (Å²) >= 11 is 0. The van der Waals surface area contributed by atoms with Gasteiger partial charge in [0.15, 0.2) is 0 Å². The van der Waals surface area contributed by atoms with Gasteiger partial charge in [-0.1, -0.05) is 151 Å². The first kappa shape index (κ1) is 14.5. The maximum absolute atomic E-state index is 9.35. The minimum Gasteiger partial charge on any atom is -0.455 e. The SMILES string of the molecule is [2H]c1c([2H])c([2H])c(-c2c3c([2H])c([2H])c([2H])c([2H])c3c(-c3cccc4oc5c(-c6cccc7ccccc67)cccc5c34)c3c([2H])c([2H])c([2H])c([2H])c23)c([2H])c1[2H]. The van der Waals surface area contributed by atoms with Crippen molar-refractivity contribution in [3.05, 3.63) is 157 Å². The molecule has 9 rings (SSSR count). The highest BCUT2D eigenvalue weighted by molar-refractivity contribution is 6.26. The smallest absolute Gasteiger partial charge is 0.143 e. The third-order valence-electron chi connectivity index (χ3n) is 8.00. The quantitative estimate of drug-likeness (QED) is 0.196. The van der Waals surface area contributed by atoms with Crippen LogP contribution in [0.15, 0.2) is 162 Å². The number of benzene rings is 8. The lowest BCUT2D eigenvalue weighted by Crippen LogP contribution is -1.91. The molecular formula is C42H26O. The first-order valence-electron chi connectivity index (χ1n) is 20.2. The normalized spacial score (nSPS) is 16.0. The molecule has 0 N–H and O–H groups in total. The molecule has 0 saturated heterocycles. The van der Waals surface area contributed by atoms with E-state index in [1.54, 1.807) is 18.2 Å². The Hall–Kier alpha value is -5.66. The zero-order chi connectivity index (χ0) is 39.6. The molecule has 0 aliphatic carbocycles. The highest BCUT2D eigenvalue weighted by Gasteiger charge is 2.21. The minimum absolute atomic E-state index is 0.0500. The molecular weight excluding hydrogens is 520 g/mol. The molecule has 200 valence electrons. The summed E-state index contributed by atoms with van der Waals surface area (Å²) in [6, 6.07) is 16.3. The predicted octanol–water partition coefficient (Wildman–Crippen LogP) is 12.0. The summed E-state index contributed by atoms with van der Waals surface area (Å²) in [5.41, 5.74) is 2.25. The Morgan fingerprint density at radius 3 is 1.74 bits per heavy atom. The van der Waals surface area contributed by atoms with E-state index in [2.05, 4.69) is 0 Å². The van der Waals surface area contributed by atoms with Crippen molar-refractivity contribution in [1.82, 2.24) is 0 Å². The minimum atomic E-state index is -0.718. The zero-order valence-electron chi connectivity index (χ0n) is 35.4. The molecule has 0 fully saturated rings. The van der Waals surface area contributed by atoms with Crippen LogP contribution < -0.4 is 0 Å². The molecule has 0 aliphatic rings. The van der Waals surface area contributed by atoms with Gasteiger partial charge in [-0.15, -0.1) is 0 Å². The Kier molecular flexibility index (Phi) is 3.18. The molecule has 0 amide bonds. The molecule has 1 heterocycles. The Bertz CT molecular complexity index is 3130. The molecule has 9 aromatic rings. The van der Waals surface area contributed by atoms with E-state index in [0.29, 0.717) is 27.5 Å². The van der Waals surface area contributed by atoms with E-state index >= 15 is 0 Å². The second-order valence-electron chi connectivity index (χ2n) is 10.2. The van der Waals surface area contributed by atoms with Crippen molar-refractivity contribution >= 4 is 54.3 Å². The molecule has 8 aromatic carbocycles. The third-order valence-corrected chi connectivity index (χ3v) is 8.00. The second kappa shape index (κ2) is 9.44. The van der Waals surface area contributed by atoms with Gasteiger partial charge in [0, 0.05) is 16.3 Å². The lowest BCUT2D eigenvalue weighted by molar-refractivity contribution is 0.670. The Balaban J connectivity index is 1.55. The Labute approximate surface area is 267 Å². The average molecular weight is 560 g/mol. The van der Waals surface area contributed by atoms with Crippen molar-refractivity contribution in [1.29, 1.82) is 0 Å². The summed E-state index contributed by atoms with van der Waals surface area (Å²) in [4.78, 5) is 0. The predicted molar refractivity (Wildman–Crippen MR) is 183 cm³/mol. The van der Waals surface area contributed by atoms with Gasteiger partial charge >= 0.3 is 0 Å². The van der Waals surface area contributed by atoms with Crippen LogP contribution in [0.25, 0.3) is 87.6 Å². The van der Waals surface area contributed by atoms with Crippen molar-refractivity contribution in [3.8, 4) is 33.4 Å². The molecule has 43 heavy (non-hydrogen) atoms. The van der Waals surface area contributed by atoms with E-state index in [-0.39, 0.29) is 32.7 Å². The van der Waals surface area contributed by atoms with Crippen LogP contribution in [-0.4, -0.2) is 0 Å². The van der Waals surface area contributed by atoms with Gasteiger partial charge in [-0.05, 0) is 66.2 Å². The van der Waals surface area contributed by atoms with Gasteiger partial charge < -0.3 is 4.42 Å². The number of hydrogen-bond acceptors (Lipinski definition) is 1. The molecule has 1 aromatic heterocycles. The highest BCUT2D eigenvalue weighted by atomic mass is 16.3. The number of rotatable bonds is 3. The van der Waals surface area contributed by atoms with Crippen LogP contribution >= 0.6 is 0 Å². The molecule has 1 nitrogen and oxygen atoms in total. The monoisotopic (exact) mass is 559 g/mol. The summed E-state index contributed by atoms with van der Waals surface area (Å²) < 4.78 is 122. The number of furan rings is 1. The van der Waals surface area contributed by atoms with Crippen LogP contribution in [0.5, 0.6) is 0 Å². The van der Waals surface area contributed by atoms with Crippen molar-refractivity contribution in [3.63, 3.8) is 0 Å². The van der Waals surface area contributed by atoms with Crippen LogP contribution in [0.2, 0.25) is 0 Å². The van der Waals surface area contributed by atoms with Crippen molar-refractivity contribution in [2.75, 3.05) is 0 Å². The highest BCUT2D eigenvalue weighted by Crippen LogP contribution is 2.47. The molecule has 0 bridgehead atoms. The van der Waals surface area contributed by atoms with E-state index in [4.69, 9.17) is 16.8 Å². The molecule has 0 unspecified atom stereocenters. The summed E-state index contributed by atoms with van der Waals surface area (Å²) in [7, 11) is 0. The fourth-order valence-electron chi connectivity index (χ4n) is 6.25. The van der Waals surface area contributed by atoms with E-state index in [9.17, 15) is 5.48 Å². The van der Waals surface area contributed by atoms with Crippen LogP contribution in [0.3, 0.4) is 0 Å². The fraction of sp³-hybridized carbons (Fsp3) is 0. The number of para-hydroxylation sites is 1. The standard InChI is InChI=1S/C42H26O/c1-2-14-28(15-3-1)39-31-18-6-8-20-33(31)40(34-21-9-7-19-32(34)39)36-24-12-26-38-41(36)37-25-11-23-35(42(37)43-38)30-22-10-16-27-13-4-5-17-29(27)30/h1-26H/i1D,2D,3D,6D,7D,8D,9D,14D,15D,18D,19D,20D,21D. The van der Waals surface area contributed by atoms with E-state index in [1.807, 2.05) is 60.7 Å². The Morgan fingerprint density at radius 1 is 0.419 bits per heavy atom. The Morgan fingerprint density at radius 2 is 0.977 bits per heavy atom. The number of hydrogen-bond donors (Lipinski definition) is 0. The first-order valence-corrected chi connectivity index (χ1v) is 13.7. The van der Waals surface area contributed by atoms with Gasteiger partial charge in [-0.25, -0.2) is 0 Å². The van der Waals surface area contributed by atoms with Gasteiger partial charge in [-0.2, -0.15) is 0 Å². The van der Waals surface area contributed by atoms with Crippen molar-refractivity contribution in [2.24, 2.45) is 0 Å². The summed E-state index contributed by atoms with van der Waals surface area (Å²) in [6.45, 7) is 0. The van der Waals surface area contributed by atoms with E-state index < -0.39 is 84.1 Å². The van der Waals surface area contributed by atoms with Gasteiger partial charge in [0.2, 0.25) is 0 Å². The maximum Gasteiger partial charge on any atom is 0.143 e. The number of fused-ring (bicyclic) bond motifs is 6. The maximum atomic E-state index is 9.35. The molecule has 0 aliphatic heterocycles. The van der Waals surface area contributed by atoms with Crippen LogP contribution in [0, 0.1) is 0 Å². The largest absolute Gasteiger partial charge is 0.455 e. The topological polar surface area (TPSA) is 13.1 Å². The average Bonchev–Trinajstić information content (AvgIpc) is 3.60. The second-order valence-corrected chi connectivity index (χ2v) is 10.2. The summed E-state index contributed by atoms with van der Waals surface area (Å²) in [6.07, 6.45) is 0. The van der Waals surface area contributed by atoms with Gasteiger partial charge in [0.1, 0.15) is 11.2 Å². The fourth-order valence-corrected chi connectivity index (χ4v) is 6.25. The third kappa shape index (κ3) is 3.58. The zero-order valence-corrected chi connectivity index (χ0v) is 22.4. The van der Waals surface area contributed by atoms with Crippen LogP contribution in [-0.2, 0) is 0 Å². The van der Waals surface area contributed by atoms with Crippen molar-refractivity contribution in [2.45, 2.75) is 0 Å². The van der Waals surface area contributed by atoms with E-state index in [0.717, 1.165) is 21.9 Å². The molecule has 0 spiro atoms. The molecule has 0 atom stereocenters. The lowest BCUT2D eigenvalue weighted by atomic mass is 9.85. The molecule has 0 radical (unpaired) electrons. The first-order chi connectivity index (χ1) is 26.8. The van der Waals surface area contributed by atoms with Gasteiger partial charge in [0.05, 0.1) is 17.8 Å². The van der Waals surface area contributed by atoms with Crippen molar-refractivity contribution < 1.29 is 22.2 Å². The summed E-state index contributed by atoms with van der Waals surface area (Å²) in [5, 5.41) is 2.35. The van der Waals surface area contributed by atoms with Crippen LogP contribution in [0.4, 0.5) is 0 Å². The van der Waals surface area contributed by atoms with Gasteiger partial charge in [0.25, 0.3) is 0 Å². The van der Waals surface area contributed by atoms with Gasteiger partial charge in [-0.3, -0.25) is 0 Å².